The van der Waals surface area contributed by atoms with Crippen molar-refractivity contribution in [2.75, 3.05) is 0 Å². The third-order valence-corrected chi connectivity index (χ3v) is 8.60. The molecule has 0 aromatic heterocycles. The van der Waals surface area contributed by atoms with Crippen LogP contribution in [0.5, 0.6) is 0 Å². The standard InChI is InChI=1S/C21H32O3/c1-13(22)24-18-12-17-15-8-7-14-6-4-5-10-20(14,2)16(15)9-11-21(17,3)19(18)23/h14-18H,4-12H2,1-3H3/t14-,15-,16+,17+,18+,20+,21+/m1/s1. The summed E-state index contributed by atoms with van der Waals surface area (Å²) in [7, 11) is 0. The lowest BCUT2D eigenvalue weighted by Crippen LogP contribution is -2.52. The van der Waals surface area contributed by atoms with Gasteiger partial charge < -0.3 is 4.74 Å². The second-order valence-electron chi connectivity index (χ2n) is 9.56. The Labute approximate surface area is 145 Å². The summed E-state index contributed by atoms with van der Waals surface area (Å²) in [5.74, 6) is 2.66. The molecular formula is C21H32O3. The van der Waals surface area contributed by atoms with Gasteiger partial charge in [0.15, 0.2) is 11.9 Å². The molecule has 0 aliphatic heterocycles. The van der Waals surface area contributed by atoms with Crippen LogP contribution in [0.1, 0.15) is 78.6 Å². The molecule has 4 rings (SSSR count). The van der Waals surface area contributed by atoms with Gasteiger partial charge in [0, 0.05) is 12.3 Å². The molecule has 0 unspecified atom stereocenters. The van der Waals surface area contributed by atoms with Gasteiger partial charge in [0.2, 0.25) is 0 Å². The Hall–Kier alpha value is -0.860. The number of hydrogen-bond donors (Lipinski definition) is 0. The van der Waals surface area contributed by atoms with E-state index in [9.17, 15) is 9.59 Å². The van der Waals surface area contributed by atoms with Crippen LogP contribution in [0.3, 0.4) is 0 Å². The molecule has 4 aliphatic carbocycles. The normalized spacial score (nSPS) is 50.6. The van der Waals surface area contributed by atoms with Gasteiger partial charge in [-0.25, -0.2) is 0 Å². The molecule has 0 bridgehead atoms. The number of ketones is 1. The van der Waals surface area contributed by atoms with Crippen LogP contribution >= 0.6 is 0 Å². The Bertz CT molecular complexity index is 555. The maximum absolute atomic E-state index is 13.0. The molecule has 24 heavy (non-hydrogen) atoms. The van der Waals surface area contributed by atoms with Gasteiger partial charge in [0.1, 0.15) is 0 Å². The highest BCUT2D eigenvalue weighted by atomic mass is 16.5. The number of ether oxygens (including phenoxy) is 1. The predicted molar refractivity (Wildman–Crippen MR) is 92.3 cm³/mol. The molecule has 4 fully saturated rings. The molecule has 0 saturated heterocycles. The maximum Gasteiger partial charge on any atom is 0.303 e. The van der Waals surface area contributed by atoms with Crippen molar-refractivity contribution < 1.29 is 14.3 Å². The van der Waals surface area contributed by atoms with Gasteiger partial charge in [-0.1, -0.05) is 26.7 Å². The van der Waals surface area contributed by atoms with E-state index in [2.05, 4.69) is 13.8 Å². The summed E-state index contributed by atoms with van der Waals surface area (Å²) in [6.45, 7) is 6.14. The summed E-state index contributed by atoms with van der Waals surface area (Å²) >= 11 is 0. The van der Waals surface area contributed by atoms with E-state index in [-0.39, 0.29) is 17.2 Å². The van der Waals surface area contributed by atoms with Crippen molar-refractivity contribution in [1.82, 2.24) is 0 Å². The summed E-state index contributed by atoms with van der Waals surface area (Å²) < 4.78 is 5.40. The number of fused-ring (bicyclic) bond motifs is 5. The van der Waals surface area contributed by atoms with Crippen molar-refractivity contribution in [2.24, 2.45) is 34.5 Å². The molecule has 3 nitrogen and oxygen atoms in total. The first-order chi connectivity index (χ1) is 11.4. The summed E-state index contributed by atoms with van der Waals surface area (Å²) in [5.41, 5.74) is 0.240. The van der Waals surface area contributed by atoms with E-state index in [4.69, 9.17) is 4.74 Å². The Kier molecular flexibility index (Phi) is 3.85. The quantitative estimate of drug-likeness (QED) is 0.663. The Balaban J connectivity index is 1.62. The highest BCUT2D eigenvalue weighted by molar-refractivity contribution is 5.92. The summed E-state index contributed by atoms with van der Waals surface area (Å²) in [5, 5.41) is 0. The number of rotatable bonds is 1. The molecule has 0 aromatic carbocycles. The van der Waals surface area contributed by atoms with Gasteiger partial charge >= 0.3 is 5.97 Å². The fourth-order valence-electron chi connectivity index (χ4n) is 7.36. The molecular weight excluding hydrogens is 300 g/mol. The van der Waals surface area contributed by atoms with Crippen LogP contribution in [0.2, 0.25) is 0 Å². The molecule has 7 atom stereocenters. The zero-order valence-corrected chi connectivity index (χ0v) is 15.5. The fraction of sp³-hybridized carbons (Fsp3) is 0.905. The minimum atomic E-state index is -0.479. The highest BCUT2D eigenvalue weighted by Gasteiger charge is 2.62. The van der Waals surface area contributed by atoms with E-state index in [1.165, 1.54) is 51.9 Å². The van der Waals surface area contributed by atoms with Gasteiger partial charge in [0.05, 0.1) is 0 Å². The van der Waals surface area contributed by atoms with E-state index in [1.54, 1.807) is 0 Å². The minimum Gasteiger partial charge on any atom is -0.455 e. The zero-order valence-electron chi connectivity index (χ0n) is 15.5. The first-order valence-corrected chi connectivity index (χ1v) is 10.1. The van der Waals surface area contributed by atoms with Gasteiger partial charge in [-0.3, -0.25) is 9.59 Å². The largest absolute Gasteiger partial charge is 0.455 e. The van der Waals surface area contributed by atoms with Crippen molar-refractivity contribution in [3.8, 4) is 0 Å². The van der Waals surface area contributed by atoms with Crippen molar-refractivity contribution in [2.45, 2.75) is 84.7 Å². The van der Waals surface area contributed by atoms with Gasteiger partial charge in [-0.05, 0) is 74.0 Å². The molecule has 0 aromatic rings. The maximum atomic E-state index is 13.0. The van der Waals surface area contributed by atoms with E-state index in [0.29, 0.717) is 17.3 Å². The molecule has 0 spiro atoms. The molecule has 3 heteroatoms. The highest BCUT2D eigenvalue weighted by Crippen LogP contribution is 2.65. The second-order valence-corrected chi connectivity index (χ2v) is 9.56. The molecule has 0 heterocycles. The number of Topliss-reactive ketones (excluding diaryl/α,β-unsaturated/α-hetero) is 1. The average molecular weight is 332 g/mol. The van der Waals surface area contributed by atoms with E-state index < -0.39 is 6.10 Å². The average Bonchev–Trinajstić information content (AvgIpc) is 2.78. The van der Waals surface area contributed by atoms with Crippen molar-refractivity contribution in [3.05, 3.63) is 0 Å². The van der Waals surface area contributed by atoms with Crippen molar-refractivity contribution >= 4 is 11.8 Å². The minimum absolute atomic E-state index is 0.206. The van der Waals surface area contributed by atoms with Crippen LogP contribution in [0.25, 0.3) is 0 Å². The topological polar surface area (TPSA) is 43.4 Å². The third kappa shape index (κ3) is 2.22. The van der Waals surface area contributed by atoms with Crippen molar-refractivity contribution in [1.29, 1.82) is 0 Å². The van der Waals surface area contributed by atoms with E-state index in [1.807, 2.05) is 0 Å². The van der Waals surface area contributed by atoms with Gasteiger partial charge in [-0.2, -0.15) is 0 Å². The smallest absolute Gasteiger partial charge is 0.303 e. The molecule has 0 radical (unpaired) electrons. The zero-order chi connectivity index (χ0) is 17.1. The van der Waals surface area contributed by atoms with Gasteiger partial charge in [-0.15, -0.1) is 0 Å². The molecule has 0 amide bonds. The van der Waals surface area contributed by atoms with Crippen LogP contribution < -0.4 is 0 Å². The Morgan fingerprint density at radius 1 is 1.04 bits per heavy atom. The third-order valence-electron chi connectivity index (χ3n) is 8.60. The van der Waals surface area contributed by atoms with Crippen LogP contribution in [-0.2, 0) is 14.3 Å². The SMILES string of the molecule is CC(=O)O[C@H]1C[C@H]2[C@@H]3CC[C@H]4CCCC[C@]4(C)[C@H]3CC[C@]2(C)C1=O. The second kappa shape index (κ2) is 5.57. The van der Waals surface area contributed by atoms with E-state index in [0.717, 1.165) is 24.7 Å². The summed E-state index contributed by atoms with van der Waals surface area (Å²) in [6, 6.07) is 0. The molecule has 0 N–H and O–H groups in total. The number of esters is 1. The first kappa shape index (κ1) is 16.6. The monoisotopic (exact) mass is 332 g/mol. The lowest BCUT2D eigenvalue weighted by molar-refractivity contribution is -0.154. The lowest BCUT2D eigenvalue weighted by atomic mass is 9.45. The van der Waals surface area contributed by atoms with Crippen LogP contribution in [-0.4, -0.2) is 17.9 Å². The first-order valence-electron chi connectivity index (χ1n) is 10.1. The Morgan fingerprint density at radius 3 is 2.58 bits per heavy atom. The molecule has 4 aliphatic rings. The van der Waals surface area contributed by atoms with Crippen LogP contribution in [0, 0.1) is 34.5 Å². The van der Waals surface area contributed by atoms with Crippen LogP contribution in [0.4, 0.5) is 0 Å². The lowest BCUT2D eigenvalue weighted by Gasteiger charge is -2.59. The summed E-state index contributed by atoms with van der Waals surface area (Å²) in [6.07, 6.45) is 10.7. The number of hydrogen-bond acceptors (Lipinski definition) is 3. The fourth-order valence-corrected chi connectivity index (χ4v) is 7.36. The van der Waals surface area contributed by atoms with Crippen molar-refractivity contribution in [3.63, 3.8) is 0 Å². The predicted octanol–water partition coefficient (Wildman–Crippen LogP) is 4.53. The molecule has 4 saturated carbocycles. The molecule has 134 valence electrons. The van der Waals surface area contributed by atoms with Crippen LogP contribution in [0.15, 0.2) is 0 Å². The van der Waals surface area contributed by atoms with Gasteiger partial charge in [0.25, 0.3) is 0 Å². The van der Waals surface area contributed by atoms with E-state index >= 15 is 0 Å². The Morgan fingerprint density at radius 2 is 1.83 bits per heavy atom. The summed E-state index contributed by atoms with van der Waals surface area (Å²) in [4.78, 5) is 24.4. The number of carbonyl (C=O) groups is 2. The number of carbonyl (C=O) groups excluding carboxylic acids is 2.